The van der Waals surface area contributed by atoms with Crippen LogP contribution in [0.15, 0.2) is 66.2 Å². The van der Waals surface area contributed by atoms with Crippen molar-refractivity contribution in [2.45, 2.75) is 44.9 Å². The van der Waals surface area contributed by atoms with E-state index >= 15 is 0 Å². The van der Waals surface area contributed by atoms with Gasteiger partial charge in [-0.1, -0.05) is 12.1 Å². The maximum Gasteiger partial charge on any atom is 0.278 e. The first-order valence-corrected chi connectivity index (χ1v) is 13.4. The lowest BCUT2D eigenvalue weighted by molar-refractivity contribution is 0.0240. The van der Waals surface area contributed by atoms with E-state index in [0.717, 1.165) is 36.0 Å². The summed E-state index contributed by atoms with van der Waals surface area (Å²) in [5.41, 5.74) is 2.10. The summed E-state index contributed by atoms with van der Waals surface area (Å²) in [4.78, 5) is 29.7. The van der Waals surface area contributed by atoms with Gasteiger partial charge in [-0.2, -0.15) is 15.1 Å². The average molecular weight is 540 g/mol. The monoisotopic (exact) mass is 539 g/mol. The third kappa shape index (κ3) is 4.62. The molecule has 40 heavy (non-hydrogen) atoms. The minimum atomic E-state index is -0.219. The lowest BCUT2D eigenvalue weighted by Gasteiger charge is -2.43. The molecule has 1 aromatic carbocycles. The predicted molar refractivity (Wildman–Crippen MR) is 155 cm³/mol. The molecule has 0 bridgehead atoms. The summed E-state index contributed by atoms with van der Waals surface area (Å²) in [5, 5.41) is 8.95. The molecule has 11 heteroatoms. The van der Waals surface area contributed by atoms with Gasteiger partial charge in [0.1, 0.15) is 11.5 Å². The van der Waals surface area contributed by atoms with Gasteiger partial charge in [0.2, 0.25) is 11.8 Å². The van der Waals surface area contributed by atoms with E-state index in [1.165, 1.54) is 0 Å². The van der Waals surface area contributed by atoms with Gasteiger partial charge in [-0.05, 0) is 51.6 Å². The van der Waals surface area contributed by atoms with Crippen LogP contribution in [0.2, 0.25) is 0 Å². The number of hydrogen-bond acceptors (Lipinski definition) is 8. The minimum absolute atomic E-state index is 0.0451. The molecule has 5 aromatic rings. The van der Waals surface area contributed by atoms with Gasteiger partial charge in [0.25, 0.3) is 5.56 Å². The Bertz CT molecular complexity index is 1780. The zero-order chi connectivity index (χ0) is 28.0. The Labute approximate surface area is 231 Å². The number of piperidine rings is 1. The molecule has 0 saturated carbocycles. The molecule has 0 spiro atoms. The van der Waals surface area contributed by atoms with Gasteiger partial charge in [0, 0.05) is 48.9 Å². The number of ether oxygens (including phenoxy) is 1. The SMILES string of the molecule is C=CCn1c(=O)c2cnc(Nc3ccc4c(cnn4C)c3)nc2n1-c1cccc(OC2CCN(C)C(C)(C)C2)n1. The lowest BCUT2D eigenvalue weighted by atomic mass is 9.89. The fourth-order valence-electron chi connectivity index (χ4n) is 5.29. The summed E-state index contributed by atoms with van der Waals surface area (Å²) < 4.78 is 11.4. The highest BCUT2D eigenvalue weighted by molar-refractivity contribution is 5.83. The molecule has 0 aliphatic carbocycles. The number of aryl methyl sites for hydroxylation is 1. The maximum absolute atomic E-state index is 13.4. The third-order valence-electron chi connectivity index (χ3n) is 7.74. The zero-order valence-electron chi connectivity index (χ0n) is 23.2. The summed E-state index contributed by atoms with van der Waals surface area (Å²) in [6.45, 7) is 9.54. The van der Waals surface area contributed by atoms with Crippen molar-refractivity contribution < 1.29 is 4.74 Å². The van der Waals surface area contributed by atoms with E-state index in [4.69, 9.17) is 14.7 Å². The molecule has 1 N–H and O–H groups in total. The van der Waals surface area contributed by atoms with E-state index in [1.807, 2.05) is 54.3 Å². The molecule has 4 aromatic heterocycles. The van der Waals surface area contributed by atoms with E-state index in [0.29, 0.717) is 28.7 Å². The molecule has 5 heterocycles. The Morgan fingerprint density at radius 2 is 2.02 bits per heavy atom. The molecule has 1 atom stereocenters. The quantitative estimate of drug-likeness (QED) is 0.309. The van der Waals surface area contributed by atoms with Crippen molar-refractivity contribution in [2.75, 3.05) is 18.9 Å². The van der Waals surface area contributed by atoms with E-state index in [2.05, 4.69) is 47.8 Å². The van der Waals surface area contributed by atoms with E-state index in [1.54, 1.807) is 21.6 Å². The van der Waals surface area contributed by atoms with Crippen LogP contribution in [0.1, 0.15) is 26.7 Å². The van der Waals surface area contributed by atoms with E-state index < -0.39 is 0 Å². The van der Waals surface area contributed by atoms with Crippen LogP contribution in [-0.2, 0) is 13.6 Å². The number of benzene rings is 1. The van der Waals surface area contributed by atoms with Crippen molar-refractivity contribution in [3.63, 3.8) is 0 Å². The Kier molecular flexibility index (Phi) is 6.38. The van der Waals surface area contributed by atoms with Crippen LogP contribution in [0, 0.1) is 0 Å². The fourth-order valence-corrected chi connectivity index (χ4v) is 5.29. The second kappa shape index (κ2) is 9.91. The first-order chi connectivity index (χ1) is 19.2. The molecular weight excluding hydrogens is 506 g/mol. The number of aromatic nitrogens is 7. The highest BCUT2D eigenvalue weighted by atomic mass is 16.5. The molecule has 0 radical (unpaired) electrons. The Morgan fingerprint density at radius 3 is 2.83 bits per heavy atom. The predicted octanol–water partition coefficient (Wildman–Crippen LogP) is 4.05. The number of nitrogens with zero attached hydrogens (tertiary/aromatic N) is 8. The summed E-state index contributed by atoms with van der Waals surface area (Å²) in [6.07, 6.45) is 6.91. The zero-order valence-corrected chi connectivity index (χ0v) is 23.2. The second-order valence-electron chi connectivity index (χ2n) is 10.9. The van der Waals surface area contributed by atoms with Crippen LogP contribution >= 0.6 is 0 Å². The number of fused-ring (bicyclic) bond motifs is 2. The molecular formula is C29H33N9O2. The largest absolute Gasteiger partial charge is 0.474 e. The topological polar surface area (TPSA) is 108 Å². The van der Waals surface area contributed by atoms with Gasteiger partial charge in [0.05, 0.1) is 18.3 Å². The number of likely N-dealkylation sites (tertiary alicyclic amines) is 1. The summed E-state index contributed by atoms with van der Waals surface area (Å²) >= 11 is 0. The molecule has 1 fully saturated rings. The number of hydrogen-bond donors (Lipinski definition) is 1. The standard InChI is InChI=1S/C29H33N9O2/c1-6-13-37-27(39)22-18-30-28(32-20-10-11-23-19(15-20)17-31-36(23)5)34-26(22)38(37)24-8-7-9-25(33-24)40-21-12-14-35(4)29(2,3)16-21/h6-11,15,17-18,21H,1,12-14,16H2,2-5H3,(H,30,32,34). The second-order valence-corrected chi connectivity index (χ2v) is 10.9. The smallest absolute Gasteiger partial charge is 0.278 e. The average Bonchev–Trinajstić information content (AvgIpc) is 3.43. The van der Waals surface area contributed by atoms with Crippen LogP contribution in [0.3, 0.4) is 0 Å². The normalized spacial score (nSPS) is 17.4. The van der Waals surface area contributed by atoms with E-state index in [9.17, 15) is 4.79 Å². The summed E-state index contributed by atoms with van der Waals surface area (Å²) in [6, 6.07) is 11.5. The summed E-state index contributed by atoms with van der Waals surface area (Å²) in [5.74, 6) is 1.40. The Balaban J connectivity index is 1.37. The van der Waals surface area contributed by atoms with Gasteiger partial charge < -0.3 is 15.0 Å². The van der Waals surface area contributed by atoms with Crippen molar-refractivity contribution in [3.8, 4) is 11.7 Å². The van der Waals surface area contributed by atoms with Crippen LogP contribution in [0.25, 0.3) is 27.8 Å². The Hall–Kier alpha value is -4.51. The first kappa shape index (κ1) is 25.8. The fraction of sp³-hybridized carbons (Fsp3) is 0.345. The number of anilines is 2. The highest BCUT2D eigenvalue weighted by Crippen LogP contribution is 2.29. The third-order valence-corrected chi connectivity index (χ3v) is 7.74. The number of rotatable bonds is 7. The van der Waals surface area contributed by atoms with Gasteiger partial charge in [-0.25, -0.2) is 14.3 Å². The molecule has 6 rings (SSSR count). The molecule has 11 nitrogen and oxygen atoms in total. The van der Waals surface area contributed by atoms with Gasteiger partial charge in [-0.15, -0.1) is 6.58 Å². The van der Waals surface area contributed by atoms with E-state index in [-0.39, 0.29) is 23.7 Å². The minimum Gasteiger partial charge on any atom is -0.474 e. The first-order valence-electron chi connectivity index (χ1n) is 13.4. The molecule has 206 valence electrons. The molecule has 1 aliphatic rings. The Morgan fingerprint density at radius 1 is 1.18 bits per heavy atom. The van der Waals surface area contributed by atoms with Crippen molar-refractivity contribution in [3.05, 3.63) is 71.8 Å². The van der Waals surface area contributed by atoms with Gasteiger partial charge in [-0.3, -0.25) is 9.48 Å². The van der Waals surface area contributed by atoms with Crippen molar-refractivity contribution in [1.82, 2.24) is 39.0 Å². The van der Waals surface area contributed by atoms with Crippen LogP contribution in [0.4, 0.5) is 11.6 Å². The lowest BCUT2D eigenvalue weighted by Crippen LogP contribution is -2.50. The van der Waals surface area contributed by atoms with Crippen molar-refractivity contribution >= 4 is 33.6 Å². The van der Waals surface area contributed by atoms with Crippen LogP contribution in [-0.4, -0.2) is 64.2 Å². The molecule has 1 unspecified atom stereocenters. The maximum atomic E-state index is 13.4. The van der Waals surface area contributed by atoms with Crippen LogP contribution < -0.4 is 15.6 Å². The van der Waals surface area contributed by atoms with Gasteiger partial charge in [0.15, 0.2) is 11.5 Å². The number of allylic oxidation sites excluding steroid dienone is 1. The van der Waals surface area contributed by atoms with Gasteiger partial charge >= 0.3 is 0 Å². The molecule has 1 aliphatic heterocycles. The summed E-state index contributed by atoms with van der Waals surface area (Å²) in [7, 11) is 4.05. The number of nitrogens with one attached hydrogen (secondary N) is 1. The molecule has 0 amide bonds. The highest BCUT2D eigenvalue weighted by Gasteiger charge is 2.33. The van der Waals surface area contributed by atoms with Crippen molar-refractivity contribution in [2.24, 2.45) is 7.05 Å². The number of pyridine rings is 1. The molecule has 1 saturated heterocycles. The van der Waals surface area contributed by atoms with Crippen LogP contribution in [0.5, 0.6) is 5.88 Å². The van der Waals surface area contributed by atoms with Crippen molar-refractivity contribution in [1.29, 1.82) is 0 Å².